The molecule has 3 aliphatic heterocycles. The number of hydrogen-bond donors (Lipinski definition) is 1. The molecule has 3 saturated heterocycles. The fourth-order valence-corrected chi connectivity index (χ4v) is 4.19. The number of carboxylic acids is 1. The van der Waals surface area contributed by atoms with E-state index in [-0.39, 0.29) is 23.4 Å². The molecule has 0 aliphatic carbocycles. The molecule has 0 spiro atoms. The first-order valence-corrected chi connectivity index (χ1v) is 9.03. The Morgan fingerprint density at radius 3 is 2.96 bits per heavy atom. The van der Waals surface area contributed by atoms with Crippen LogP contribution in [0.5, 0.6) is 0 Å². The maximum absolute atomic E-state index is 12.9. The summed E-state index contributed by atoms with van der Waals surface area (Å²) in [7, 11) is 0. The largest absolute Gasteiger partial charge is 0.477 e. The van der Waals surface area contributed by atoms with Gasteiger partial charge in [0.1, 0.15) is 17.7 Å². The van der Waals surface area contributed by atoms with Crippen LogP contribution in [0.15, 0.2) is 23.4 Å². The van der Waals surface area contributed by atoms with Crippen molar-refractivity contribution >= 4 is 29.0 Å². The van der Waals surface area contributed by atoms with Gasteiger partial charge >= 0.3 is 5.97 Å². The number of thiazole rings is 1. The second kappa shape index (κ2) is 6.40. The van der Waals surface area contributed by atoms with Crippen molar-refractivity contribution in [1.82, 2.24) is 19.9 Å². The summed E-state index contributed by atoms with van der Waals surface area (Å²) in [5.41, 5.74) is 2.73. The number of aromatic nitrogens is 3. The van der Waals surface area contributed by atoms with E-state index in [1.54, 1.807) is 5.51 Å². The van der Waals surface area contributed by atoms with Crippen LogP contribution in [0.3, 0.4) is 0 Å². The van der Waals surface area contributed by atoms with Crippen LogP contribution in [0.4, 0.5) is 5.82 Å². The highest BCUT2D eigenvalue weighted by Crippen LogP contribution is 2.33. The third kappa shape index (κ3) is 2.95. The van der Waals surface area contributed by atoms with Gasteiger partial charge in [0.15, 0.2) is 0 Å². The molecule has 1 amide bonds. The molecule has 25 heavy (non-hydrogen) atoms. The second-order valence-electron chi connectivity index (χ2n) is 6.34. The van der Waals surface area contributed by atoms with Gasteiger partial charge in [-0.05, 0) is 12.8 Å². The van der Waals surface area contributed by atoms with E-state index in [0.717, 1.165) is 18.5 Å². The highest BCUT2D eigenvalue weighted by atomic mass is 32.1. The normalized spacial score (nSPS) is 23.0. The van der Waals surface area contributed by atoms with E-state index >= 15 is 0 Å². The van der Waals surface area contributed by atoms with Gasteiger partial charge in [-0.2, -0.15) is 0 Å². The molecule has 0 unspecified atom stereocenters. The van der Waals surface area contributed by atoms with Gasteiger partial charge in [-0.1, -0.05) is 0 Å². The quantitative estimate of drug-likeness (QED) is 0.877. The molecule has 1 N–H and O–H groups in total. The third-order valence-corrected chi connectivity index (χ3v) is 5.47. The summed E-state index contributed by atoms with van der Waals surface area (Å²) in [6.45, 7) is 1.57. The van der Waals surface area contributed by atoms with Gasteiger partial charge in [0.05, 0.1) is 23.7 Å². The number of carbonyl (C=O) groups is 2. The van der Waals surface area contributed by atoms with Crippen molar-refractivity contribution in [1.29, 1.82) is 0 Å². The van der Waals surface area contributed by atoms with Crippen LogP contribution in [0.1, 0.15) is 28.9 Å². The van der Waals surface area contributed by atoms with Crippen molar-refractivity contribution in [2.45, 2.75) is 25.4 Å². The number of nitrogens with zero attached hydrogens (tertiary/aromatic N) is 5. The van der Waals surface area contributed by atoms with Gasteiger partial charge < -0.3 is 14.9 Å². The summed E-state index contributed by atoms with van der Waals surface area (Å²) in [5, 5.41) is 11.4. The van der Waals surface area contributed by atoms with Crippen LogP contribution in [-0.4, -0.2) is 56.0 Å². The summed E-state index contributed by atoms with van der Waals surface area (Å²) in [6, 6.07) is 0.0320. The molecule has 8 nitrogen and oxygen atoms in total. The zero-order valence-corrected chi connectivity index (χ0v) is 14.2. The summed E-state index contributed by atoms with van der Waals surface area (Å²) < 4.78 is 0. The predicted molar refractivity (Wildman–Crippen MR) is 90.4 cm³/mol. The van der Waals surface area contributed by atoms with Crippen molar-refractivity contribution in [3.63, 3.8) is 0 Å². The van der Waals surface area contributed by atoms with Gasteiger partial charge in [-0.3, -0.25) is 4.79 Å². The minimum atomic E-state index is -1.06. The molecule has 0 saturated carbocycles. The molecule has 0 radical (unpaired) electrons. The Balaban J connectivity index is 1.63. The third-order valence-electron chi connectivity index (χ3n) is 4.83. The monoisotopic (exact) mass is 359 g/mol. The Morgan fingerprint density at radius 1 is 1.32 bits per heavy atom. The van der Waals surface area contributed by atoms with Crippen LogP contribution < -0.4 is 4.90 Å². The molecule has 5 rings (SSSR count). The number of hydrogen-bond acceptors (Lipinski definition) is 7. The van der Waals surface area contributed by atoms with E-state index in [4.69, 9.17) is 0 Å². The Kier molecular flexibility index (Phi) is 4.08. The molecule has 3 aliphatic rings. The fraction of sp³-hybridized carbons (Fsp3) is 0.438. The lowest BCUT2D eigenvalue weighted by Gasteiger charge is -2.35. The molecular formula is C16H17N5O3S. The second-order valence-corrected chi connectivity index (χ2v) is 7.06. The maximum Gasteiger partial charge on any atom is 0.341 e. The van der Waals surface area contributed by atoms with Crippen molar-refractivity contribution in [2.24, 2.45) is 5.92 Å². The van der Waals surface area contributed by atoms with Gasteiger partial charge in [-0.25, -0.2) is 19.7 Å². The Bertz CT molecular complexity index is 797. The molecule has 3 fully saturated rings. The number of amides is 1. The van der Waals surface area contributed by atoms with Crippen LogP contribution in [0.25, 0.3) is 0 Å². The number of carbonyl (C=O) groups excluding carboxylic acids is 1. The average molecular weight is 359 g/mol. The molecule has 0 aromatic carbocycles. The SMILES string of the molecule is O=C(O)c1cncnc1N1C[C@@H]2CC[C@H](C1)N(Cc1cscn1)C2=O. The topological polar surface area (TPSA) is 99.5 Å². The number of fused-ring (bicyclic) bond motifs is 4. The molecule has 130 valence electrons. The summed E-state index contributed by atoms with van der Waals surface area (Å²) in [4.78, 5) is 40.4. The van der Waals surface area contributed by atoms with Crippen molar-refractivity contribution < 1.29 is 14.7 Å². The number of anilines is 1. The van der Waals surface area contributed by atoms with E-state index < -0.39 is 5.97 Å². The first kappa shape index (κ1) is 15.9. The van der Waals surface area contributed by atoms with E-state index in [2.05, 4.69) is 15.0 Å². The number of carboxylic acid groups (broad SMARTS) is 1. The predicted octanol–water partition coefficient (Wildman–Crippen LogP) is 1.26. The summed E-state index contributed by atoms with van der Waals surface area (Å²) in [5.74, 6) is -0.688. The highest BCUT2D eigenvalue weighted by molar-refractivity contribution is 7.07. The molecule has 2 aromatic rings. The Morgan fingerprint density at radius 2 is 2.20 bits per heavy atom. The van der Waals surface area contributed by atoms with E-state index in [0.29, 0.717) is 25.5 Å². The zero-order chi connectivity index (χ0) is 17.4. The van der Waals surface area contributed by atoms with Crippen molar-refractivity contribution in [3.05, 3.63) is 34.7 Å². The van der Waals surface area contributed by atoms with E-state index in [1.807, 2.05) is 15.2 Å². The van der Waals surface area contributed by atoms with E-state index in [9.17, 15) is 14.7 Å². The first-order chi connectivity index (χ1) is 12.1. The minimum absolute atomic E-state index is 0.0320. The van der Waals surface area contributed by atoms with Crippen molar-refractivity contribution in [2.75, 3.05) is 18.0 Å². The van der Waals surface area contributed by atoms with Gasteiger partial charge in [-0.15, -0.1) is 11.3 Å². The lowest BCUT2D eigenvalue weighted by molar-refractivity contribution is -0.140. The van der Waals surface area contributed by atoms with Gasteiger partial charge in [0.2, 0.25) is 5.91 Å². The molecule has 2 aromatic heterocycles. The number of aromatic carboxylic acids is 1. The summed E-state index contributed by atoms with van der Waals surface area (Å²) >= 11 is 1.52. The smallest absolute Gasteiger partial charge is 0.341 e. The Labute approximate surface area is 148 Å². The van der Waals surface area contributed by atoms with Crippen LogP contribution in [0, 0.1) is 5.92 Å². The van der Waals surface area contributed by atoms with Gasteiger partial charge in [0.25, 0.3) is 0 Å². The fourth-order valence-electron chi connectivity index (χ4n) is 3.64. The van der Waals surface area contributed by atoms with E-state index in [1.165, 1.54) is 23.9 Å². The zero-order valence-electron chi connectivity index (χ0n) is 13.4. The van der Waals surface area contributed by atoms with Gasteiger partial charge in [0, 0.05) is 30.7 Å². The Hall–Kier alpha value is -2.55. The summed E-state index contributed by atoms with van der Waals surface area (Å²) in [6.07, 6.45) is 4.39. The lowest BCUT2D eigenvalue weighted by Crippen LogP contribution is -2.47. The standard InChI is InChI=1S/C16H17N5O3S/c22-15-10-1-2-12(21(15)5-11-7-25-9-19-11)6-20(4-10)14-13(16(23)24)3-17-8-18-14/h3,7-10,12H,1-2,4-6H2,(H,23,24)/t10-,12+/m0/s1. The number of rotatable bonds is 4. The van der Waals surface area contributed by atoms with Crippen molar-refractivity contribution in [3.8, 4) is 0 Å². The molecule has 5 heterocycles. The number of piperidine rings is 1. The molecule has 2 bridgehead atoms. The van der Waals surface area contributed by atoms with Crippen LogP contribution in [-0.2, 0) is 11.3 Å². The maximum atomic E-state index is 12.9. The van der Waals surface area contributed by atoms with Crippen LogP contribution >= 0.6 is 11.3 Å². The first-order valence-electron chi connectivity index (χ1n) is 8.09. The lowest BCUT2D eigenvalue weighted by atomic mass is 9.94. The molecular weight excluding hydrogens is 342 g/mol. The minimum Gasteiger partial charge on any atom is -0.477 e. The van der Waals surface area contributed by atoms with Crippen LogP contribution in [0.2, 0.25) is 0 Å². The molecule has 2 atom stereocenters. The highest BCUT2D eigenvalue weighted by Gasteiger charge is 2.41. The molecule has 9 heteroatoms. The average Bonchev–Trinajstić information content (AvgIpc) is 2.98.